The first-order valence-corrected chi connectivity index (χ1v) is 7.80. The average Bonchev–Trinajstić information content (AvgIpc) is 2.95. The molecule has 2 N–H and O–H groups in total. The van der Waals surface area contributed by atoms with Crippen molar-refractivity contribution < 1.29 is 30.3 Å². The van der Waals surface area contributed by atoms with Gasteiger partial charge in [0.1, 0.15) is 0 Å². The molecule has 0 aliphatic heterocycles. The Morgan fingerprint density at radius 1 is 1.30 bits per heavy atom. The molecule has 0 fully saturated rings. The number of benzene rings is 1. The maximum absolute atomic E-state index is 8.49. The molecule has 123 valence electrons. The van der Waals surface area contributed by atoms with Crippen molar-refractivity contribution in [3.8, 4) is 11.3 Å². The molecule has 0 saturated carbocycles. The number of aliphatic hydroxyl groups is 2. The summed E-state index contributed by atoms with van der Waals surface area (Å²) < 4.78 is 1.28. The third-order valence-corrected chi connectivity index (χ3v) is 3.71. The zero-order chi connectivity index (χ0) is 15.9. The van der Waals surface area contributed by atoms with E-state index >= 15 is 0 Å². The van der Waals surface area contributed by atoms with Gasteiger partial charge in [0.2, 0.25) is 0 Å². The second-order valence-electron chi connectivity index (χ2n) is 4.82. The maximum Gasteiger partial charge on any atom is 0.0877 e. The number of allylic oxidation sites excluding steroid dienone is 1. The summed E-state index contributed by atoms with van der Waals surface area (Å²) in [6, 6.07) is 15.3. The van der Waals surface area contributed by atoms with Crippen molar-refractivity contribution in [3.63, 3.8) is 0 Å². The third-order valence-electron chi connectivity index (χ3n) is 2.83. The van der Waals surface area contributed by atoms with Crippen LogP contribution in [0.15, 0.2) is 59.8 Å². The van der Waals surface area contributed by atoms with Crippen LogP contribution >= 0.6 is 11.3 Å². The molecule has 3 aromatic rings. The van der Waals surface area contributed by atoms with Gasteiger partial charge in [-0.2, -0.15) is 0 Å². The van der Waals surface area contributed by atoms with Crippen LogP contribution in [0.4, 0.5) is 0 Å². The summed E-state index contributed by atoms with van der Waals surface area (Å²) in [4.78, 5) is 4.42. The van der Waals surface area contributed by atoms with Crippen molar-refractivity contribution in [1.82, 2.24) is 4.98 Å². The van der Waals surface area contributed by atoms with Crippen LogP contribution < -0.4 is 0 Å². The van der Waals surface area contributed by atoms with Gasteiger partial charge in [0.05, 0.1) is 11.9 Å². The summed E-state index contributed by atoms with van der Waals surface area (Å²) in [5, 5.41) is 20.2. The van der Waals surface area contributed by atoms with Gasteiger partial charge >= 0.3 is 0 Å². The molecular weight excluding hydrogens is 486 g/mol. The SMILES string of the molecule is C/C(O)=C/C(C)O.[Ir].[c-]1ccccc1-c1nccc2sccc12. The molecule has 0 aliphatic rings. The van der Waals surface area contributed by atoms with E-state index in [4.69, 9.17) is 10.2 Å². The molecule has 0 aliphatic carbocycles. The first-order chi connectivity index (χ1) is 10.6. The van der Waals surface area contributed by atoms with Crippen LogP contribution in [0.2, 0.25) is 0 Å². The molecular formula is C18H18IrNO2S-. The monoisotopic (exact) mass is 505 g/mol. The second kappa shape index (κ2) is 9.58. The number of nitrogens with zero attached hydrogens (tertiary/aromatic N) is 1. The van der Waals surface area contributed by atoms with Gasteiger partial charge in [-0.15, -0.1) is 47.2 Å². The molecule has 5 heteroatoms. The number of hydrogen-bond donors (Lipinski definition) is 2. The third kappa shape index (κ3) is 5.88. The van der Waals surface area contributed by atoms with E-state index in [1.165, 1.54) is 23.1 Å². The normalized spacial score (nSPS) is 12.0. The summed E-state index contributed by atoms with van der Waals surface area (Å²) in [5.74, 6) is 0.162. The van der Waals surface area contributed by atoms with Gasteiger partial charge in [0.25, 0.3) is 0 Å². The maximum atomic E-state index is 8.49. The average molecular weight is 505 g/mol. The van der Waals surface area contributed by atoms with Crippen LogP contribution in [0.5, 0.6) is 0 Å². The van der Waals surface area contributed by atoms with Crippen LogP contribution in [0.1, 0.15) is 13.8 Å². The van der Waals surface area contributed by atoms with Crippen LogP contribution in [-0.2, 0) is 20.1 Å². The fraction of sp³-hybridized carbons (Fsp3) is 0.167. The Kier molecular flexibility index (Phi) is 8.13. The molecule has 2 aromatic heterocycles. The standard InChI is InChI=1S/C13H8NS.C5H10O2.Ir/c1-2-4-10(5-3-1)13-11-7-9-15-12(11)6-8-14-13;1-4(6)3-5(2)7;/h1-4,6-9H;3-4,6-7H,1-2H3;/q-1;;/b;5-3-;. The van der Waals surface area contributed by atoms with Gasteiger partial charge in [-0.25, -0.2) is 0 Å². The Morgan fingerprint density at radius 3 is 2.65 bits per heavy atom. The van der Waals surface area contributed by atoms with Crippen molar-refractivity contribution >= 4 is 21.4 Å². The number of aromatic nitrogens is 1. The molecule has 1 unspecified atom stereocenters. The molecule has 2 heterocycles. The number of aliphatic hydroxyl groups excluding tert-OH is 2. The largest absolute Gasteiger partial charge is 0.513 e. The van der Waals surface area contributed by atoms with E-state index in [1.54, 1.807) is 18.3 Å². The smallest absolute Gasteiger partial charge is 0.0877 e. The number of thiophene rings is 1. The minimum atomic E-state index is -0.537. The van der Waals surface area contributed by atoms with Gasteiger partial charge in [-0.3, -0.25) is 0 Å². The van der Waals surface area contributed by atoms with E-state index in [2.05, 4.69) is 22.5 Å². The molecule has 1 aromatic carbocycles. The Bertz CT molecular complexity index is 750. The fourth-order valence-electron chi connectivity index (χ4n) is 2.00. The van der Waals surface area contributed by atoms with E-state index in [0.29, 0.717) is 0 Å². The molecule has 23 heavy (non-hydrogen) atoms. The molecule has 0 saturated heterocycles. The first-order valence-electron chi connectivity index (χ1n) is 6.92. The van der Waals surface area contributed by atoms with Gasteiger partial charge in [-0.1, -0.05) is 6.07 Å². The van der Waals surface area contributed by atoms with E-state index in [-0.39, 0.29) is 25.9 Å². The quantitative estimate of drug-likeness (QED) is 0.397. The molecule has 3 rings (SSSR count). The number of hydrogen-bond acceptors (Lipinski definition) is 4. The Balaban J connectivity index is 0.000000287. The summed E-state index contributed by atoms with van der Waals surface area (Å²) in [6.07, 6.45) is 2.68. The first kappa shape index (κ1) is 19.5. The van der Waals surface area contributed by atoms with Crippen molar-refractivity contribution in [1.29, 1.82) is 0 Å². The van der Waals surface area contributed by atoms with Crippen molar-refractivity contribution in [2.45, 2.75) is 20.0 Å². The topological polar surface area (TPSA) is 53.4 Å². The summed E-state index contributed by atoms with van der Waals surface area (Å²) in [7, 11) is 0. The fourth-order valence-corrected chi connectivity index (χ4v) is 2.78. The van der Waals surface area contributed by atoms with Gasteiger partial charge < -0.3 is 15.2 Å². The molecule has 0 bridgehead atoms. The van der Waals surface area contributed by atoms with Gasteiger partial charge in [-0.05, 0) is 42.5 Å². The van der Waals surface area contributed by atoms with E-state index < -0.39 is 6.10 Å². The van der Waals surface area contributed by atoms with E-state index in [9.17, 15) is 0 Å². The Labute approximate surface area is 153 Å². The van der Waals surface area contributed by atoms with E-state index in [0.717, 1.165) is 11.3 Å². The predicted molar refractivity (Wildman–Crippen MR) is 92.0 cm³/mol. The summed E-state index contributed by atoms with van der Waals surface area (Å²) in [6.45, 7) is 3.10. The zero-order valence-electron chi connectivity index (χ0n) is 12.9. The number of fused-ring (bicyclic) bond motifs is 1. The van der Waals surface area contributed by atoms with E-state index in [1.807, 2.05) is 36.5 Å². The molecule has 1 atom stereocenters. The van der Waals surface area contributed by atoms with Gasteiger partial charge in [0.15, 0.2) is 0 Å². The van der Waals surface area contributed by atoms with Crippen LogP contribution in [-0.4, -0.2) is 21.3 Å². The van der Waals surface area contributed by atoms with Crippen LogP contribution in [0, 0.1) is 6.07 Å². The molecule has 0 spiro atoms. The summed E-state index contributed by atoms with van der Waals surface area (Å²) >= 11 is 1.74. The molecule has 3 nitrogen and oxygen atoms in total. The van der Waals surface area contributed by atoms with Crippen LogP contribution in [0.25, 0.3) is 21.3 Å². The Morgan fingerprint density at radius 2 is 2.09 bits per heavy atom. The van der Waals surface area contributed by atoms with Crippen molar-refractivity contribution in [2.24, 2.45) is 0 Å². The predicted octanol–water partition coefficient (Wildman–Crippen LogP) is 4.59. The second-order valence-corrected chi connectivity index (χ2v) is 5.76. The molecule has 0 amide bonds. The number of rotatable bonds is 2. The summed E-state index contributed by atoms with van der Waals surface area (Å²) in [5.41, 5.74) is 2.08. The van der Waals surface area contributed by atoms with Crippen molar-refractivity contribution in [3.05, 3.63) is 65.9 Å². The van der Waals surface area contributed by atoms with Crippen LogP contribution in [0.3, 0.4) is 0 Å². The number of pyridine rings is 1. The van der Waals surface area contributed by atoms with Gasteiger partial charge in [0, 0.05) is 31.0 Å². The minimum absolute atomic E-state index is 0. The minimum Gasteiger partial charge on any atom is -0.513 e. The Hall–Kier alpha value is -1.52. The van der Waals surface area contributed by atoms with Crippen molar-refractivity contribution in [2.75, 3.05) is 0 Å². The zero-order valence-corrected chi connectivity index (χ0v) is 16.1. The molecule has 1 radical (unpaired) electrons.